The molecule has 0 radical (unpaired) electrons. The Balaban J connectivity index is 1.15. The lowest BCUT2D eigenvalue weighted by atomic mass is 10.00. The van der Waals surface area contributed by atoms with Gasteiger partial charge in [-0.2, -0.15) is 0 Å². The van der Waals surface area contributed by atoms with E-state index in [-0.39, 0.29) is 24.3 Å². The molecule has 3 aromatic rings. The third-order valence-corrected chi connectivity index (χ3v) is 6.59. The van der Waals surface area contributed by atoms with E-state index in [4.69, 9.17) is 4.74 Å². The number of benzene rings is 3. The number of rotatable bonds is 6. The van der Waals surface area contributed by atoms with Crippen molar-refractivity contribution in [3.63, 3.8) is 0 Å². The average Bonchev–Trinajstić information content (AvgIpc) is 3.63. The van der Waals surface area contributed by atoms with Crippen LogP contribution in [0.3, 0.4) is 0 Å². The van der Waals surface area contributed by atoms with Crippen LogP contribution in [-0.2, 0) is 4.74 Å². The number of amides is 2. The second-order valence-corrected chi connectivity index (χ2v) is 8.83. The smallest absolute Gasteiger partial charge is 0.317 e. The van der Waals surface area contributed by atoms with Crippen molar-refractivity contribution in [1.82, 2.24) is 10.2 Å². The van der Waals surface area contributed by atoms with Crippen molar-refractivity contribution in [1.29, 1.82) is 0 Å². The van der Waals surface area contributed by atoms with Crippen LogP contribution in [0, 0.1) is 0 Å². The summed E-state index contributed by atoms with van der Waals surface area (Å²) >= 11 is 0. The van der Waals surface area contributed by atoms with E-state index >= 15 is 0 Å². The van der Waals surface area contributed by atoms with Gasteiger partial charge in [0, 0.05) is 25.0 Å². The highest BCUT2D eigenvalue weighted by atomic mass is 16.5. The van der Waals surface area contributed by atoms with Crippen LogP contribution in [0.2, 0.25) is 0 Å². The molecular formula is C28H30N2O2. The number of ether oxygens (including phenoxy) is 1. The molecule has 1 aliphatic carbocycles. The first kappa shape index (κ1) is 20.8. The zero-order valence-electron chi connectivity index (χ0n) is 18.3. The van der Waals surface area contributed by atoms with Crippen molar-refractivity contribution < 1.29 is 9.53 Å². The van der Waals surface area contributed by atoms with Crippen LogP contribution in [0.15, 0.2) is 91.0 Å². The van der Waals surface area contributed by atoms with Crippen molar-refractivity contribution in [2.24, 2.45) is 0 Å². The molecule has 1 saturated carbocycles. The summed E-state index contributed by atoms with van der Waals surface area (Å²) in [6, 6.07) is 31.6. The summed E-state index contributed by atoms with van der Waals surface area (Å²) in [6.45, 7) is 1.46. The lowest BCUT2D eigenvalue weighted by Crippen LogP contribution is -2.47. The number of piperidine rings is 1. The van der Waals surface area contributed by atoms with E-state index in [1.807, 2.05) is 23.1 Å². The van der Waals surface area contributed by atoms with Gasteiger partial charge < -0.3 is 15.0 Å². The maximum absolute atomic E-state index is 12.8. The summed E-state index contributed by atoms with van der Waals surface area (Å²) in [6.07, 6.45) is 2.81. The zero-order chi connectivity index (χ0) is 21.8. The van der Waals surface area contributed by atoms with Crippen molar-refractivity contribution in [2.45, 2.75) is 43.4 Å². The maximum atomic E-state index is 12.8. The Hall–Kier alpha value is -3.11. The van der Waals surface area contributed by atoms with Gasteiger partial charge in [-0.3, -0.25) is 0 Å². The van der Waals surface area contributed by atoms with Gasteiger partial charge in [-0.1, -0.05) is 91.0 Å². The molecule has 0 spiro atoms. The van der Waals surface area contributed by atoms with Crippen molar-refractivity contribution >= 4 is 6.03 Å². The molecule has 2 fully saturated rings. The fraction of sp³-hybridized carbons (Fsp3) is 0.321. The van der Waals surface area contributed by atoms with E-state index in [9.17, 15) is 4.79 Å². The first-order valence-corrected chi connectivity index (χ1v) is 11.6. The fourth-order valence-electron chi connectivity index (χ4n) is 4.67. The third kappa shape index (κ3) is 4.86. The predicted molar refractivity (Wildman–Crippen MR) is 127 cm³/mol. The number of likely N-dealkylation sites (tertiary alicyclic amines) is 1. The number of urea groups is 1. The van der Waals surface area contributed by atoms with Gasteiger partial charge in [-0.05, 0) is 36.0 Å². The Morgan fingerprint density at radius 2 is 1.34 bits per heavy atom. The van der Waals surface area contributed by atoms with Gasteiger partial charge in [0.15, 0.2) is 0 Å². The van der Waals surface area contributed by atoms with Gasteiger partial charge in [-0.25, -0.2) is 4.79 Å². The van der Waals surface area contributed by atoms with Crippen molar-refractivity contribution in [3.05, 3.63) is 108 Å². The standard InChI is InChI=1S/C28H30N2O2/c31-28(29-26-20-25(26)21-10-4-1-5-11-21)30-18-16-24(17-19-30)32-27(22-12-6-2-7-13-22)23-14-8-3-9-15-23/h1-15,24-27H,16-20H2,(H,29,31)/t25-,26+/m1/s1. The number of nitrogens with one attached hydrogen (secondary N) is 1. The van der Waals surface area contributed by atoms with Crippen molar-refractivity contribution in [3.8, 4) is 0 Å². The molecule has 2 amide bonds. The van der Waals surface area contributed by atoms with Crippen LogP contribution in [0.1, 0.15) is 48.0 Å². The molecule has 1 saturated heterocycles. The first-order chi connectivity index (χ1) is 15.8. The highest BCUT2D eigenvalue weighted by molar-refractivity contribution is 5.75. The SMILES string of the molecule is O=C(N[C@H]1C[C@@H]1c1ccccc1)N1CCC(OC(c2ccccc2)c2ccccc2)CC1. The maximum Gasteiger partial charge on any atom is 0.317 e. The van der Waals surface area contributed by atoms with Crippen LogP contribution >= 0.6 is 0 Å². The zero-order valence-corrected chi connectivity index (χ0v) is 18.3. The van der Waals surface area contributed by atoms with E-state index in [2.05, 4.69) is 78.1 Å². The monoisotopic (exact) mass is 426 g/mol. The number of hydrogen-bond donors (Lipinski definition) is 1. The van der Waals surface area contributed by atoms with E-state index < -0.39 is 0 Å². The van der Waals surface area contributed by atoms with Crippen LogP contribution in [0.5, 0.6) is 0 Å². The lowest BCUT2D eigenvalue weighted by Gasteiger charge is -2.34. The minimum absolute atomic E-state index is 0.0644. The molecule has 2 aliphatic rings. The summed E-state index contributed by atoms with van der Waals surface area (Å²) in [4.78, 5) is 14.7. The van der Waals surface area contributed by atoms with Crippen LogP contribution in [-0.4, -0.2) is 36.2 Å². The second-order valence-electron chi connectivity index (χ2n) is 8.83. The Morgan fingerprint density at radius 3 is 1.91 bits per heavy atom. The molecule has 5 rings (SSSR count). The molecule has 1 heterocycles. The van der Waals surface area contributed by atoms with Gasteiger partial charge in [-0.15, -0.1) is 0 Å². The van der Waals surface area contributed by atoms with Gasteiger partial charge in [0.2, 0.25) is 0 Å². The molecule has 0 aromatic heterocycles. The Kier molecular flexibility index (Phi) is 6.22. The van der Waals surface area contributed by atoms with Gasteiger partial charge >= 0.3 is 6.03 Å². The van der Waals surface area contributed by atoms with Crippen LogP contribution in [0.25, 0.3) is 0 Å². The van der Waals surface area contributed by atoms with E-state index in [1.165, 1.54) is 16.7 Å². The van der Waals surface area contributed by atoms with Crippen LogP contribution < -0.4 is 5.32 Å². The first-order valence-electron chi connectivity index (χ1n) is 11.6. The molecule has 32 heavy (non-hydrogen) atoms. The third-order valence-electron chi connectivity index (χ3n) is 6.59. The van der Waals surface area contributed by atoms with E-state index in [0.29, 0.717) is 5.92 Å². The molecule has 1 N–H and O–H groups in total. The number of carbonyl (C=O) groups excluding carboxylic acids is 1. The minimum atomic E-state index is -0.0825. The van der Waals surface area contributed by atoms with Gasteiger partial charge in [0.05, 0.1) is 6.10 Å². The summed E-state index contributed by atoms with van der Waals surface area (Å²) < 4.78 is 6.60. The fourth-order valence-corrected chi connectivity index (χ4v) is 4.67. The molecule has 3 aromatic carbocycles. The topological polar surface area (TPSA) is 41.6 Å². The lowest BCUT2D eigenvalue weighted by molar-refractivity contribution is -0.0212. The molecule has 0 unspecified atom stereocenters. The molecule has 164 valence electrons. The molecule has 4 nitrogen and oxygen atoms in total. The molecular weight excluding hydrogens is 396 g/mol. The highest BCUT2D eigenvalue weighted by Crippen LogP contribution is 2.40. The molecule has 4 heteroatoms. The Labute approximate surface area is 190 Å². The molecule has 0 bridgehead atoms. The largest absolute Gasteiger partial charge is 0.365 e. The molecule has 2 atom stereocenters. The molecule has 1 aliphatic heterocycles. The number of hydrogen-bond acceptors (Lipinski definition) is 2. The summed E-state index contributed by atoms with van der Waals surface area (Å²) in [5.41, 5.74) is 3.65. The summed E-state index contributed by atoms with van der Waals surface area (Å²) in [5.74, 6) is 0.457. The highest BCUT2D eigenvalue weighted by Gasteiger charge is 2.40. The Morgan fingerprint density at radius 1 is 0.812 bits per heavy atom. The number of nitrogens with zero attached hydrogens (tertiary/aromatic N) is 1. The normalized spacial score (nSPS) is 20.8. The predicted octanol–water partition coefficient (Wildman–Crippen LogP) is 5.52. The quantitative estimate of drug-likeness (QED) is 0.564. The summed E-state index contributed by atoms with van der Waals surface area (Å²) in [7, 11) is 0. The van der Waals surface area contributed by atoms with Crippen molar-refractivity contribution in [2.75, 3.05) is 13.1 Å². The summed E-state index contributed by atoms with van der Waals surface area (Å²) in [5, 5.41) is 3.23. The van der Waals surface area contributed by atoms with E-state index in [0.717, 1.165) is 32.4 Å². The van der Waals surface area contributed by atoms with Gasteiger partial charge in [0.1, 0.15) is 6.10 Å². The Bertz CT molecular complexity index is 962. The van der Waals surface area contributed by atoms with Gasteiger partial charge in [0.25, 0.3) is 0 Å². The van der Waals surface area contributed by atoms with E-state index in [1.54, 1.807) is 0 Å². The average molecular weight is 427 g/mol. The second kappa shape index (κ2) is 9.58. The minimum Gasteiger partial charge on any atom is -0.365 e. The van der Waals surface area contributed by atoms with Crippen LogP contribution in [0.4, 0.5) is 4.79 Å². The number of carbonyl (C=O) groups is 1.